The van der Waals surface area contributed by atoms with Crippen LogP contribution in [0.3, 0.4) is 0 Å². The van der Waals surface area contributed by atoms with Crippen LogP contribution in [0, 0.1) is 6.92 Å². The predicted molar refractivity (Wildman–Crippen MR) is 49.9 cm³/mol. The zero-order valence-corrected chi connectivity index (χ0v) is 7.48. The zero-order chi connectivity index (χ0) is 8.55. The first-order valence-electron chi connectivity index (χ1n) is 4.23. The Morgan fingerprint density at radius 3 is 3.00 bits per heavy atom. The van der Waals surface area contributed by atoms with Gasteiger partial charge in [0.25, 0.3) is 0 Å². The minimum atomic E-state index is 1.00. The lowest BCUT2D eigenvalue weighted by molar-refractivity contribution is 0.413. The summed E-state index contributed by atoms with van der Waals surface area (Å²) in [5, 5.41) is 3.34. The molecule has 1 N–H and O–H groups in total. The Morgan fingerprint density at radius 1 is 1.42 bits per heavy atom. The summed E-state index contributed by atoms with van der Waals surface area (Å²) in [6, 6.07) is 4.29. The van der Waals surface area contributed by atoms with Crippen LogP contribution < -0.4 is 10.1 Å². The second-order valence-electron chi connectivity index (χ2n) is 3.13. The van der Waals surface area contributed by atoms with Gasteiger partial charge in [0.05, 0.1) is 12.8 Å². The maximum Gasteiger partial charge on any atom is 0.145 e. The smallest absolute Gasteiger partial charge is 0.145 e. The summed E-state index contributed by atoms with van der Waals surface area (Å²) >= 11 is 0. The van der Waals surface area contributed by atoms with Crippen molar-refractivity contribution in [1.29, 1.82) is 0 Å². The van der Waals surface area contributed by atoms with Gasteiger partial charge in [0.15, 0.2) is 0 Å². The molecule has 2 nitrogen and oxygen atoms in total. The average molecular weight is 163 g/mol. The van der Waals surface area contributed by atoms with Gasteiger partial charge in [0, 0.05) is 6.54 Å². The highest BCUT2D eigenvalue weighted by Crippen LogP contribution is 2.35. The van der Waals surface area contributed by atoms with Gasteiger partial charge in [-0.15, -0.1) is 0 Å². The second-order valence-corrected chi connectivity index (χ2v) is 3.13. The topological polar surface area (TPSA) is 21.3 Å². The molecule has 2 heteroatoms. The van der Waals surface area contributed by atoms with E-state index >= 15 is 0 Å². The lowest BCUT2D eigenvalue weighted by atomic mass is 10.1. The second kappa shape index (κ2) is 2.70. The normalized spacial score (nSPS) is 13.8. The molecule has 0 fully saturated rings. The first kappa shape index (κ1) is 7.47. The van der Waals surface area contributed by atoms with Crippen molar-refractivity contribution in [2.45, 2.75) is 13.3 Å². The summed E-state index contributed by atoms with van der Waals surface area (Å²) in [6.45, 7) is 3.11. The summed E-state index contributed by atoms with van der Waals surface area (Å²) in [6.07, 6.45) is 1.12. The number of hydrogen-bond donors (Lipinski definition) is 1. The van der Waals surface area contributed by atoms with E-state index in [-0.39, 0.29) is 0 Å². The molecule has 1 aliphatic heterocycles. The van der Waals surface area contributed by atoms with Crippen LogP contribution in [0.1, 0.15) is 11.1 Å². The lowest BCUT2D eigenvalue weighted by Crippen LogP contribution is -1.95. The molecular weight excluding hydrogens is 150 g/mol. The average Bonchev–Trinajstić information content (AvgIpc) is 2.52. The van der Waals surface area contributed by atoms with Crippen LogP contribution in [-0.4, -0.2) is 13.7 Å². The number of hydrogen-bond acceptors (Lipinski definition) is 2. The third-order valence-corrected chi connectivity index (χ3v) is 2.34. The SMILES string of the molecule is COc1c(C)ccc2c1NCC2. The number of rotatable bonds is 1. The predicted octanol–water partition coefficient (Wildman–Crippen LogP) is 1.97. The third kappa shape index (κ3) is 0.951. The molecule has 0 aliphatic carbocycles. The van der Waals surface area contributed by atoms with E-state index < -0.39 is 0 Å². The van der Waals surface area contributed by atoms with E-state index in [1.165, 1.54) is 16.8 Å². The van der Waals surface area contributed by atoms with E-state index in [1.54, 1.807) is 7.11 Å². The zero-order valence-electron chi connectivity index (χ0n) is 7.48. The van der Waals surface area contributed by atoms with Crippen LogP contribution in [0.5, 0.6) is 5.75 Å². The fourth-order valence-electron chi connectivity index (χ4n) is 1.71. The monoisotopic (exact) mass is 163 g/mol. The van der Waals surface area contributed by atoms with E-state index in [0.29, 0.717) is 0 Å². The first-order valence-corrected chi connectivity index (χ1v) is 4.23. The lowest BCUT2D eigenvalue weighted by Gasteiger charge is -2.09. The molecule has 0 radical (unpaired) electrons. The first-order chi connectivity index (χ1) is 5.83. The standard InChI is InChI=1S/C10H13NO/c1-7-3-4-8-5-6-11-9(8)10(7)12-2/h3-4,11H,5-6H2,1-2H3. The number of benzene rings is 1. The van der Waals surface area contributed by atoms with Crippen molar-refractivity contribution in [3.05, 3.63) is 23.3 Å². The molecule has 1 aliphatic rings. The van der Waals surface area contributed by atoms with Crippen LogP contribution >= 0.6 is 0 Å². The van der Waals surface area contributed by atoms with Crippen LogP contribution in [0.15, 0.2) is 12.1 Å². The fraction of sp³-hybridized carbons (Fsp3) is 0.400. The summed E-state index contributed by atoms with van der Waals surface area (Å²) in [7, 11) is 1.72. The molecule has 0 spiro atoms. The van der Waals surface area contributed by atoms with Gasteiger partial charge < -0.3 is 10.1 Å². The van der Waals surface area contributed by atoms with E-state index in [2.05, 4.69) is 24.4 Å². The molecule has 12 heavy (non-hydrogen) atoms. The number of nitrogens with one attached hydrogen (secondary N) is 1. The van der Waals surface area contributed by atoms with Gasteiger partial charge in [-0.2, -0.15) is 0 Å². The summed E-state index contributed by atoms with van der Waals surface area (Å²) in [5.41, 5.74) is 3.76. The van der Waals surface area contributed by atoms with Gasteiger partial charge in [0.1, 0.15) is 5.75 Å². The summed E-state index contributed by atoms with van der Waals surface area (Å²) in [5.74, 6) is 1.00. The van der Waals surface area contributed by atoms with Crippen LogP contribution in [0.2, 0.25) is 0 Å². The molecule has 0 aromatic heterocycles. The quantitative estimate of drug-likeness (QED) is 0.683. The number of aryl methyl sites for hydroxylation is 1. The Kier molecular flexibility index (Phi) is 1.68. The molecule has 0 saturated heterocycles. The Labute approximate surface area is 72.5 Å². The van der Waals surface area contributed by atoms with Gasteiger partial charge in [-0.05, 0) is 24.5 Å². The Hall–Kier alpha value is -1.18. The molecule has 1 aromatic rings. The number of fused-ring (bicyclic) bond motifs is 1. The van der Waals surface area contributed by atoms with Crippen molar-refractivity contribution in [1.82, 2.24) is 0 Å². The summed E-state index contributed by atoms with van der Waals surface area (Å²) in [4.78, 5) is 0. The summed E-state index contributed by atoms with van der Waals surface area (Å²) < 4.78 is 5.33. The molecule has 1 aromatic carbocycles. The molecule has 0 bridgehead atoms. The Morgan fingerprint density at radius 2 is 2.25 bits per heavy atom. The van der Waals surface area contributed by atoms with Gasteiger partial charge in [0.2, 0.25) is 0 Å². The highest BCUT2D eigenvalue weighted by Gasteiger charge is 2.15. The maximum atomic E-state index is 5.33. The Balaban J connectivity index is 2.57. The van der Waals surface area contributed by atoms with Crippen molar-refractivity contribution < 1.29 is 4.74 Å². The number of methoxy groups -OCH3 is 1. The van der Waals surface area contributed by atoms with E-state index in [0.717, 1.165) is 18.7 Å². The Bertz CT molecular complexity index is 307. The molecule has 2 rings (SSSR count). The molecule has 0 saturated carbocycles. The van der Waals surface area contributed by atoms with E-state index in [4.69, 9.17) is 4.74 Å². The van der Waals surface area contributed by atoms with Crippen molar-refractivity contribution >= 4 is 5.69 Å². The van der Waals surface area contributed by atoms with Gasteiger partial charge in [-0.3, -0.25) is 0 Å². The molecule has 0 atom stereocenters. The van der Waals surface area contributed by atoms with E-state index in [1.807, 2.05) is 0 Å². The largest absolute Gasteiger partial charge is 0.494 e. The highest BCUT2D eigenvalue weighted by atomic mass is 16.5. The van der Waals surface area contributed by atoms with Crippen molar-refractivity contribution in [2.75, 3.05) is 19.0 Å². The van der Waals surface area contributed by atoms with Crippen LogP contribution in [0.4, 0.5) is 5.69 Å². The minimum Gasteiger partial charge on any atom is -0.494 e. The van der Waals surface area contributed by atoms with Gasteiger partial charge >= 0.3 is 0 Å². The van der Waals surface area contributed by atoms with Crippen LogP contribution in [-0.2, 0) is 6.42 Å². The minimum absolute atomic E-state index is 1.00. The van der Waals surface area contributed by atoms with Crippen molar-refractivity contribution in [2.24, 2.45) is 0 Å². The number of ether oxygens (including phenoxy) is 1. The van der Waals surface area contributed by atoms with Gasteiger partial charge in [-0.25, -0.2) is 0 Å². The fourth-order valence-corrected chi connectivity index (χ4v) is 1.71. The maximum absolute atomic E-state index is 5.33. The molecule has 1 heterocycles. The van der Waals surface area contributed by atoms with E-state index in [9.17, 15) is 0 Å². The van der Waals surface area contributed by atoms with Crippen molar-refractivity contribution in [3.63, 3.8) is 0 Å². The number of anilines is 1. The molecule has 0 unspecified atom stereocenters. The molecule has 64 valence electrons. The van der Waals surface area contributed by atoms with Crippen LogP contribution in [0.25, 0.3) is 0 Å². The third-order valence-electron chi connectivity index (χ3n) is 2.34. The van der Waals surface area contributed by atoms with Crippen molar-refractivity contribution in [3.8, 4) is 5.75 Å². The van der Waals surface area contributed by atoms with Gasteiger partial charge in [-0.1, -0.05) is 12.1 Å². The molecule has 0 amide bonds. The molecular formula is C10H13NO. The highest BCUT2D eigenvalue weighted by molar-refractivity contribution is 5.67.